The number of carbonyl (C=O) groups is 1. The van der Waals surface area contributed by atoms with Crippen LogP contribution in [0.1, 0.15) is 0 Å². The third kappa shape index (κ3) is 3.30. The summed E-state index contributed by atoms with van der Waals surface area (Å²) >= 11 is 4.22. The molecule has 0 saturated heterocycles. The zero-order chi connectivity index (χ0) is 6.57. The molecule has 0 bridgehead atoms. The molecule has 0 atom stereocenters. The first kappa shape index (κ1) is 7.10. The molecule has 0 aromatic rings. The Balaban J connectivity index is 3.55. The second kappa shape index (κ2) is 3.15. The van der Waals surface area contributed by atoms with E-state index in [0.29, 0.717) is 0 Å². The maximum atomic E-state index is 10.1. The Hall–Kier alpha value is -0.900. The summed E-state index contributed by atoms with van der Waals surface area (Å²) in [7, 11) is 0. The fraction of sp³-hybridized carbons (Fsp3) is 0. The van der Waals surface area contributed by atoms with E-state index < -0.39 is 5.97 Å². The van der Waals surface area contributed by atoms with Gasteiger partial charge in [0.05, 0.1) is 0 Å². The molecule has 0 saturated carbocycles. The van der Waals surface area contributed by atoms with Crippen molar-refractivity contribution in [3.63, 3.8) is 0 Å². The van der Waals surface area contributed by atoms with Crippen LogP contribution < -0.4 is 5.73 Å². The van der Waals surface area contributed by atoms with Crippen molar-refractivity contribution >= 4 is 23.4 Å². The molecule has 4 heteroatoms. The van der Waals surface area contributed by atoms with Crippen LogP contribution in [-0.4, -0.2) is 11.1 Å². The van der Waals surface area contributed by atoms with Gasteiger partial charge in [0.15, 0.2) is 0 Å². The monoisotopic (exact) mass is 131 g/mol. The molecule has 0 radical (unpaired) electrons. The minimum atomic E-state index is -0.627. The fourth-order valence-electron chi connectivity index (χ4n) is 0.141. The lowest BCUT2D eigenvalue weighted by molar-refractivity contribution is -0.129. The maximum absolute atomic E-state index is 10.1. The highest BCUT2D eigenvalue weighted by molar-refractivity contribution is 7.80. The van der Waals surface area contributed by atoms with E-state index in [1.54, 1.807) is 0 Å². The number of thiocarbonyl (C=S) groups is 1. The lowest BCUT2D eigenvalue weighted by Gasteiger charge is -1.92. The molecule has 0 aliphatic heterocycles. The molecule has 0 rings (SSSR count). The van der Waals surface area contributed by atoms with E-state index in [1.807, 2.05) is 0 Å². The highest BCUT2D eigenvalue weighted by atomic mass is 32.1. The van der Waals surface area contributed by atoms with Crippen LogP contribution in [0.15, 0.2) is 12.7 Å². The normalized spacial score (nSPS) is 7.50. The average Bonchev–Trinajstić information content (AvgIpc) is 1.65. The van der Waals surface area contributed by atoms with Gasteiger partial charge >= 0.3 is 5.97 Å². The highest BCUT2D eigenvalue weighted by Gasteiger charge is 1.94. The van der Waals surface area contributed by atoms with Gasteiger partial charge in [-0.3, -0.25) is 0 Å². The first-order chi connectivity index (χ1) is 3.66. The molecule has 0 fully saturated rings. The van der Waals surface area contributed by atoms with Crippen LogP contribution in [0.3, 0.4) is 0 Å². The molecule has 0 aliphatic rings. The molecule has 0 aromatic carbocycles. The van der Waals surface area contributed by atoms with E-state index in [-0.39, 0.29) is 5.17 Å². The van der Waals surface area contributed by atoms with Gasteiger partial charge in [-0.05, 0) is 12.2 Å². The zero-order valence-corrected chi connectivity index (χ0v) is 4.90. The van der Waals surface area contributed by atoms with Gasteiger partial charge in [-0.25, -0.2) is 4.79 Å². The molecule has 0 aliphatic carbocycles. The van der Waals surface area contributed by atoms with E-state index in [0.717, 1.165) is 6.08 Å². The number of hydrogen-bond donors (Lipinski definition) is 1. The number of rotatable bonds is 1. The lowest BCUT2D eigenvalue weighted by Crippen LogP contribution is -2.16. The lowest BCUT2D eigenvalue weighted by atomic mass is 10.7. The predicted molar refractivity (Wildman–Crippen MR) is 33.1 cm³/mol. The SMILES string of the molecule is C=CC(=O)OC(N)=S. The van der Waals surface area contributed by atoms with Crippen molar-refractivity contribution in [3.8, 4) is 0 Å². The maximum Gasteiger partial charge on any atom is 0.337 e. The summed E-state index contributed by atoms with van der Waals surface area (Å²) in [6, 6.07) is 0. The van der Waals surface area contributed by atoms with Gasteiger partial charge in [0.1, 0.15) is 0 Å². The van der Waals surface area contributed by atoms with E-state index in [4.69, 9.17) is 5.73 Å². The molecular weight excluding hydrogens is 126 g/mol. The third-order valence-electron chi connectivity index (χ3n) is 0.368. The van der Waals surface area contributed by atoms with E-state index in [9.17, 15) is 4.79 Å². The molecule has 0 unspecified atom stereocenters. The molecule has 0 heterocycles. The van der Waals surface area contributed by atoms with Crippen molar-refractivity contribution in [2.45, 2.75) is 0 Å². The van der Waals surface area contributed by atoms with Crippen molar-refractivity contribution in [1.82, 2.24) is 0 Å². The van der Waals surface area contributed by atoms with E-state index in [1.165, 1.54) is 0 Å². The number of nitrogens with two attached hydrogens (primary N) is 1. The highest BCUT2D eigenvalue weighted by Crippen LogP contribution is 1.76. The van der Waals surface area contributed by atoms with Gasteiger partial charge in [0.25, 0.3) is 5.17 Å². The van der Waals surface area contributed by atoms with Crippen LogP contribution in [0.4, 0.5) is 0 Å². The van der Waals surface area contributed by atoms with Gasteiger partial charge in [-0.2, -0.15) is 0 Å². The first-order valence-corrected chi connectivity index (χ1v) is 2.21. The smallest absolute Gasteiger partial charge is 0.337 e. The Labute approximate surface area is 52.1 Å². The Morgan fingerprint density at radius 3 is 2.50 bits per heavy atom. The van der Waals surface area contributed by atoms with Crippen LogP contribution in [0.2, 0.25) is 0 Å². The topological polar surface area (TPSA) is 52.3 Å². The summed E-state index contributed by atoms with van der Waals surface area (Å²) in [6.45, 7) is 3.12. The summed E-state index contributed by atoms with van der Waals surface area (Å²) in [5.41, 5.74) is 4.81. The van der Waals surface area contributed by atoms with Gasteiger partial charge in [-0.1, -0.05) is 6.58 Å². The number of esters is 1. The van der Waals surface area contributed by atoms with Crippen LogP contribution in [-0.2, 0) is 9.53 Å². The summed E-state index contributed by atoms with van der Waals surface area (Å²) < 4.78 is 4.15. The van der Waals surface area contributed by atoms with Crippen molar-refractivity contribution in [2.24, 2.45) is 5.73 Å². The van der Waals surface area contributed by atoms with E-state index in [2.05, 4.69) is 23.5 Å². The molecule has 8 heavy (non-hydrogen) atoms. The Morgan fingerprint density at radius 2 is 2.38 bits per heavy atom. The van der Waals surface area contributed by atoms with Gasteiger partial charge in [0.2, 0.25) is 0 Å². The molecular formula is C4H5NO2S. The summed E-state index contributed by atoms with van der Waals surface area (Å²) in [5, 5.41) is -0.282. The van der Waals surface area contributed by atoms with E-state index >= 15 is 0 Å². The molecule has 2 N–H and O–H groups in total. The fourth-order valence-corrected chi connectivity index (χ4v) is 0.223. The van der Waals surface area contributed by atoms with Gasteiger partial charge in [0, 0.05) is 6.08 Å². The largest absolute Gasteiger partial charge is 0.396 e. The molecule has 0 amide bonds. The van der Waals surface area contributed by atoms with Crippen LogP contribution in [0, 0.1) is 0 Å². The minimum Gasteiger partial charge on any atom is -0.396 e. The van der Waals surface area contributed by atoms with Crippen molar-refractivity contribution in [3.05, 3.63) is 12.7 Å². The number of ether oxygens (including phenoxy) is 1. The Kier molecular flexibility index (Phi) is 2.79. The van der Waals surface area contributed by atoms with Crippen molar-refractivity contribution in [2.75, 3.05) is 0 Å². The molecule has 0 aromatic heterocycles. The average molecular weight is 131 g/mol. The molecule has 3 nitrogen and oxygen atoms in total. The van der Waals surface area contributed by atoms with Gasteiger partial charge in [-0.15, -0.1) is 0 Å². The Morgan fingerprint density at radius 1 is 1.88 bits per heavy atom. The molecule has 0 spiro atoms. The standard InChI is InChI=1S/C4H5NO2S/c1-2-3(6)7-4(5)8/h2H,1H2,(H2,5,8). The quantitative estimate of drug-likeness (QED) is 0.308. The van der Waals surface area contributed by atoms with Gasteiger partial charge < -0.3 is 10.5 Å². The second-order valence-corrected chi connectivity index (χ2v) is 1.35. The summed E-state index contributed by atoms with van der Waals surface area (Å²) in [6.07, 6.45) is 0.985. The first-order valence-electron chi connectivity index (χ1n) is 1.80. The van der Waals surface area contributed by atoms with Crippen LogP contribution in [0.25, 0.3) is 0 Å². The third-order valence-corrected chi connectivity index (χ3v) is 0.451. The molecule has 44 valence electrons. The van der Waals surface area contributed by atoms with Crippen molar-refractivity contribution in [1.29, 1.82) is 0 Å². The van der Waals surface area contributed by atoms with Crippen LogP contribution in [0.5, 0.6) is 0 Å². The minimum absolute atomic E-state index is 0.282. The van der Waals surface area contributed by atoms with Crippen LogP contribution >= 0.6 is 12.2 Å². The number of hydrogen-bond acceptors (Lipinski definition) is 3. The summed E-state index contributed by atoms with van der Waals surface area (Å²) in [5.74, 6) is -0.627. The number of carbonyl (C=O) groups excluding carboxylic acids is 1. The Bertz CT molecular complexity index is 132. The second-order valence-electron chi connectivity index (χ2n) is 0.944. The zero-order valence-electron chi connectivity index (χ0n) is 4.09. The van der Waals surface area contributed by atoms with Crippen molar-refractivity contribution < 1.29 is 9.53 Å². The summed E-state index contributed by atoms with van der Waals surface area (Å²) in [4.78, 5) is 10.1. The predicted octanol–water partition coefficient (Wildman–Crippen LogP) is -0.0408.